The summed E-state index contributed by atoms with van der Waals surface area (Å²) in [6.45, 7) is 0. The van der Waals surface area contributed by atoms with Crippen LogP contribution >= 0.6 is 0 Å². The lowest BCUT2D eigenvalue weighted by atomic mass is 10.3. The van der Waals surface area contributed by atoms with Gasteiger partial charge in [-0.05, 0) is 6.07 Å². The van der Waals surface area contributed by atoms with Crippen molar-refractivity contribution in [2.24, 2.45) is 7.05 Å². The van der Waals surface area contributed by atoms with E-state index in [2.05, 4.69) is 15.0 Å². The second-order valence-corrected chi connectivity index (χ2v) is 3.83. The Labute approximate surface area is 101 Å². The summed E-state index contributed by atoms with van der Waals surface area (Å²) >= 11 is 0. The Morgan fingerprint density at radius 3 is 2.83 bits per heavy atom. The van der Waals surface area contributed by atoms with Gasteiger partial charge in [0, 0.05) is 19.4 Å². The van der Waals surface area contributed by atoms with Crippen molar-refractivity contribution in [3.05, 3.63) is 36.8 Å². The number of carboxylic acid groups (broad SMARTS) is 1. The molecule has 0 radical (unpaired) electrons. The molecule has 1 N–H and O–H groups in total. The number of pyridine rings is 1. The highest BCUT2D eigenvalue weighted by atomic mass is 16.4. The predicted octanol–water partition coefficient (Wildman–Crippen LogP) is 0.852. The Morgan fingerprint density at radius 2 is 2.11 bits per heavy atom. The van der Waals surface area contributed by atoms with Gasteiger partial charge in [0.05, 0.1) is 11.8 Å². The van der Waals surface area contributed by atoms with Crippen LogP contribution in [0.15, 0.2) is 31.1 Å². The summed E-state index contributed by atoms with van der Waals surface area (Å²) < 4.78 is 3.42. The van der Waals surface area contributed by atoms with Crippen LogP contribution in [0.4, 0.5) is 0 Å². The van der Waals surface area contributed by atoms with Crippen LogP contribution in [-0.4, -0.2) is 35.2 Å². The molecular weight excluding hydrogens is 234 g/mol. The lowest BCUT2D eigenvalue weighted by Gasteiger charge is -2.01. The number of rotatable bonds is 2. The molecule has 0 fully saturated rings. The maximum Gasteiger partial charge on any atom is 0.356 e. The molecule has 0 aliphatic rings. The number of hydrogen-bond donors (Lipinski definition) is 1. The van der Waals surface area contributed by atoms with E-state index in [9.17, 15) is 4.79 Å². The first kappa shape index (κ1) is 10.5. The van der Waals surface area contributed by atoms with Crippen molar-refractivity contribution in [2.45, 2.75) is 0 Å². The molecule has 7 heteroatoms. The van der Waals surface area contributed by atoms with Gasteiger partial charge in [-0.3, -0.25) is 4.57 Å². The molecule has 0 aliphatic carbocycles. The molecule has 3 aromatic heterocycles. The van der Waals surface area contributed by atoms with E-state index in [0.29, 0.717) is 11.3 Å². The van der Waals surface area contributed by atoms with Crippen LogP contribution in [0.5, 0.6) is 0 Å². The molecule has 0 amide bonds. The minimum atomic E-state index is -1.07. The zero-order valence-corrected chi connectivity index (χ0v) is 9.48. The van der Waals surface area contributed by atoms with Gasteiger partial charge in [-0.15, -0.1) is 0 Å². The Bertz CT molecular complexity index is 743. The fourth-order valence-corrected chi connectivity index (χ4v) is 1.79. The van der Waals surface area contributed by atoms with E-state index in [1.54, 1.807) is 17.1 Å². The minimum absolute atomic E-state index is 0.0234. The van der Waals surface area contributed by atoms with Crippen LogP contribution < -0.4 is 0 Å². The number of carbonyl (C=O) groups is 1. The van der Waals surface area contributed by atoms with Gasteiger partial charge in [0.15, 0.2) is 11.5 Å². The molecule has 3 heterocycles. The zero-order chi connectivity index (χ0) is 12.7. The minimum Gasteiger partial charge on any atom is -0.476 e. The standard InChI is InChI=1S/C11H9N5O2/c1-15-5-14-9-8(15)2-3-12-10(9)16-4-7(11(17)18)13-6-16/h2-6H,1H3,(H,17,18). The summed E-state index contributed by atoms with van der Waals surface area (Å²) in [5.41, 5.74) is 1.60. The van der Waals surface area contributed by atoms with Crippen molar-refractivity contribution >= 4 is 17.0 Å². The van der Waals surface area contributed by atoms with Crippen molar-refractivity contribution in [2.75, 3.05) is 0 Å². The number of imidazole rings is 2. The smallest absolute Gasteiger partial charge is 0.356 e. The van der Waals surface area contributed by atoms with Gasteiger partial charge in [0.1, 0.15) is 11.8 Å². The van der Waals surface area contributed by atoms with Gasteiger partial charge in [-0.2, -0.15) is 0 Å². The first-order valence-corrected chi connectivity index (χ1v) is 5.20. The first-order valence-electron chi connectivity index (χ1n) is 5.20. The summed E-state index contributed by atoms with van der Waals surface area (Å²) in [7, 11) is 1.88. The fourth-order valence-electron chi connectivity index (χ4n) is 1.79. The molecule has 0 spiro atoms. The quantitative estimate of drug-likeness (QED) is 0.721. The zero-order valence-electron chi connectivity index (χ0n) is 9.48. The number of aryl methyl sites for hydroxylation is 1. The van der Waals surface area contributed by atoms with Gasteiger partial charge in [-0.25, -0.2) is 19.7 Å². The van der Waals surface area contributed by atoms with Crippen molar-refractivity contribution in [1.82, 2.24) is 24.1 Å². The Balaban J connectivity index is 2.21. The molecule has 0 bridgehead atoms. The lowest BCUT2D eigenvalue weighted by molar-refractivity contribution is 0.0691. The van der Waals surface area contributed by atoms with Crippen molar-refractivity contribution < 1.29 is 9.90 Å². The molecule has 0 aliphatic heterocycles. The van der Waals surface area contributed by atoms with Crippen molar-refractivity contribution in [3.63, 3.8) is 0 Å². The van der Waals surface area contributed by atoms with E-state index in [1.807, 2.05) is 17.7 Å². The average molecular weight is 243 g/mol. The number of hydrogen-bond acceptors (Lipinski definition) is 4. The van der Waals surface area contributed by atoms with Gasteiger partial charge < -0.3 is 9.67 Å². The molecule has 7 nitrogen and oxygen atoms in total. The number of carboxylic acids is 1. The van der Waals surface area contributed by atoms with Gasteiger partial charge in [-0.1, -0.05) is 0 Å². The van der Waals surface area contributed by atoms with Crippen molar-refractivity contribution in [1.29, 1.82) is 0 Å². The van der Waals surface area contributed by atoms with E-state index in [-0.39, 0.29) is 5.69 Å². The molecule has 0 atom stereocenters. The third kappa shape index (κ3) is 1.45. The predicted molar refractivity (Wildman–Crippen MR) is 62.6 cm³/mol. The number of aromatic carboxylic acids is 1. The number of nitrogens with zero attached hydrogens (tertiary/aromatic N) is 5. The third-order valence-electron chi connectivity index (χ3n) is 2.67. The topological polar surface area (TPSA) is 85.8 Å². The normalized spacial score (nSPS) is 10.9. The number of aromatic nitrogens is 5. The monoisotopic (exact) mass is 243 g/mol. The van der Waals surface area contributed by atoms with Crippen LogP contribution in [-0.2, 0) is 7.05 Å². The highest BCUT2D eigenvalue weighted by molar-refractivity contribution is 5.86. The van der Waals surface area contributed by atoms with E-state index in [4.69, 9.17) is 5.11 Å². The second kappa shape index (κ2) is 3.66. The Kier molecular flexibility index (Phi) is 2.12. The average Bonchev–Trinajstić information content (AvgIpc) is 2.97. The summed E-state index contributed by atoms with van der Waals surface area (Å²) in [6.07, 6.45) is 6.17. The van der Waals surface area contributed by atoms with E-state index < -0.39 is 5.97 Å². The molecule has 3 rings (SSSR count). The second-order valence-electron chi connectivity index (χ2n) is 3.83. The molecule has 0 aromatic carbocycles. The highest BCUT2D eigenvalue weighted by Gasteiger charge is 2.12. The van der Waals surface area contributed by atoms with Crippen molar-refractivity contribution in [3.8, 4) is 5.82 Å². The van der Waals surface area contributed by atoms with E-state index in [0.717, 1.165) is 5.52 Å². The first-order chi connectivity index (χ1) is 8.66. The fraction of sp³-hybridized carbons (Fsp3) is 0.0909. The van der Waals surface area contributed by atoms with Crippen LogP contribution in [0.2, 0.25) is 0 Å². The maximum absolute atomic E-state index is 10.8. The summed E-state index contributed by atoms with van der Waals surface area (Å²) in [5, 5.41) is 8.85. The Morgan fingerprint density at radius 1 is 1.28 bits per heavy atom. The molecule has 90 valence electrons. The summed E-state index contributed by atoms with van der Waals surface area (Å²) in [5.74, 6) is -0.505. The maximum atomic E-state index is 10.8. The number of fused-ring (bicyclic) bond motifs is 1. The highest BCUT2D eigenvalue weighted by Crippen LogP contribution is 2.18. The third-order valence-corrected chi connectivity index (χ3v) is 2.67. The molecule has 18 heavy (non-hydrogen) atoms. The molecule has 0 saturated heterocycles. The van der Waals surface area contributed by atoms with Gasteiger partial charge in [0.25, 0.3) is 0 Å². The summed E-state index contributed by atoms with van der Waals surface area (Å²) in [6, 6.07) is 1.85. The largest absolute Gasteiger partial charge is 0.476 e. The lowest BCUT2D eigenvalue weighted by Crippen LogP contribution is -1.98. The van der Waals surface area contributed by atoms with E-state index in [1.165, 1.54) is 12.5 Å². The molecule has 0 saturated carbocycles. The van der Waals surface area contributed by atoms with Crippen LogP contribution in [0.1, 0.15) is 10.5 Å². The van der Waals surface area contributed by atoms with Crippen LogP contribution in [0.25, 0.3) is 16.9 Å². The molecule has 0 unspecified atom stereocenters. The summed E-state index contributed by atoms with van der Waals surface area (Å²) in [4.78, 5) is 23.1. The molecule has 3 aromatic rings. The van der Waals surface area contributed by atoms with Gasteiger partial charge >= 0.3 is 5.97 Å². The molecular formula is C11H9N5O2. The van der Waals surface area contributed by atoms with Crippen LogP contribution in [0.3, 0.4) is 0 Å². The van der Waals surface area contributed by atoms with E-state index >= 15 is 0 Å². The SMILES string of the molecule is Cn1cnc2c(-n3cnc(C(=O)O)c3)nccc21. The van der Waals surface area contributed by atoms with Gasteiger partial charge in [0.2, 0.25) is 0 Å². The Hall–Kier alpha value is -2.70. The van der Waals surface area contributed by atoms with Crippen LogP contribution in [0, 0.1) is 0 Å².